The molecule has 1 N–H and O–H groups in total. The summed E-state index contributed by atoms with van der Waals surface area (Å²) in [6, 6.07) is 2.36. The van der Waals surface area contributed by atoms with Crippen LogP contribution in [-0.2, 0) is 28.8 Å². The van der Waals surface area contributed by atoms with E-state index in [4.69, 9.17) is 9.57 Å². The molecule has 2 fully saturated rings. The Balaban J connectivity index is 1.97. The number of rotatable bonds is 4. The third-order valence-electron chi connectivity index (χ3n) is 4.14. The normalized spacial score (nSPS) is 29.0. The molecule has 0 radical (unpaired) electrons. The molecule has 0 aromatic carbocycles. The van der Waals surface area contributed by atoms with Gasteiger partial charge in [0.1, 0.15) is 12.1 Å². The molecule has 0 bridgehead atoms. The van der Waals surface area contributed by atoms with Crippen molar-refractivity contribution in [3.8, 4) is 0 Å². The van der Waals surface area contributed by atoms with Crippen LogP contribution < -0.4 is 4.90 Å². The summed E-state index contributed by atoms with van der Waals surface area (Å²) in [5.41, 5.74) is -2.20. The standard InChI is InChI=1S/C15H16N2O7S/c1-8-12(16(9(2)18)10-4-3-7-25-10)13(20)17(24-8)15(14(21)22)6-5-11(19)23-15/h3-4,7-8,12H,5-6H2,1-2H3,(H,21,22)/t8-,12-,15?/m0/s1. The van der Waals surface area contributed by atoms with E-state index in [1.165, 1.54) is 23.2 Å². The second-order valence-electron chi connectivity index (χ2n) is 5.79. The number of amides is 2. The van der Waals surface area contributed by atoms with Gasteiger partial charge in [-0.25, -0.2) is 4.79 Å². The van der Waals surface area contributed by atoms with Gasteiger partial charge in [-0.3, -0.25) is 24.1 Å². The van der Waals surface area contributed by atoms with Crippen molar-refractivity contribution in [1.29, 1.82) is 0 Å². The number of aliphatic carboxylic acids is 1. The number of hydroxylamine groups is 2. The fraction of sp³-hybridized carbons (Fsp3) is 0.467. The molecule has 1 aromatic heterocycles. The van der Waals surface area contributed by atoms with Gasteiger partial charge in [0, 0.05) is 13.3 Å². The van der Waals surface area contributed by atoms with Crippen LogP contribution in [0.1, 0.15) is 26.7 Å². The largest absolute Gasteiger partial charge is 0.477 e. The van der Waals surface area contributed by atoms with Crippen LogP contribution in [0.3, 0.4) is 0 Å². The third-order valence-corrected chi connectivity index (χ3v) is 5.01. The summed E-state index contributed by atoms with van der Waals surface area (Å²) in [6.45, 7) is 2.86. The van der Waals surface area contributed by atoms with Crippen molar-refractivity contribution in [3.63, 3.8) is 0 Å². The van der Waals surface area contributed by atoms with Gasteiger partial charge >= 0.3 is 17.7 Å². The van der Waals surface area contributed by atoms with E-state index < -0.39 is 35.7 Å². The number of hydrogen-bond acceptors (Lipinski definition) is 7. The van der Waals surface area contributed by atoms with E-state index in [9.17, 15) is 24.3 Å². The molecule has 2 aliphatic rings. The third kappa shape index (κ3) is 2.67. The van der Waals surface area contributed by atoms with Crippen LogP contribution >= 0.6 is 11.3 Å². The van der Waals surface area contributed by atoms with Gasteiger partial charge in [0.25, 0.3) is 5.91 Å². The number of esters is 1. The van der Waals surface area contributed by atoms with Crippen molar-refractivity contribution in [2.24, 2.45) is 0 Å². The first-order valence-corrected chi connectivity index (χ1v) is 8.45. The number of anilines is 1. The molecule has 10 heteroatoms. The Kier molecular flexibility index (Phi) is 4.25. The van der Waals surface area contributed by atoms with Crippen molar-refractivity contribution in [3.05, 3.63) is 17.5 Å². The summed E-state index contributed by atoms with van der Waals surface area (Å²) in [4.78, 5) is 54.9. The van der Waals surface area contributed by atoms with Crippen LogP contribution in [0.5, 0.6) is 0 Å². The second-order valence-corrected chi connectivity index (χ2v) is 6.72. The van der Waals surface area contributed by atoms with Gasteiger partial charge in [0.05, 0.1) is 11.4 Å². The lowest BCUT2D eigenvalue weighted by molar-refractivity contribution is -0.266. The highest BCUT2D eigenvalue weighted by Crippen LogP contribution is 2.38. The highest BCUT2D eigenvalue weighted by Gasteiger charge is 2.61. The number of thiophene rings is 1. The minimum Gasteiger partial charge on any atom is -0.477 e. The number of carboxylic acids is 1. The number of carbonyl (C=O) groups is 4. The number of ether oxygens (including phenoxy) is 1. The fourth-order valence-electron chi connectivity index (χ4n) is 3.02. The SMILES string of the molecule is CC(=O)N(c1cccs1)[C@@H]1C(=O)N(C2(C(=O)O)CCC(=O)O2)O[C@H]1C. The molecule has 0 aliphatic carbocycles. The molecule has 25 heavy (non-hydrogen) atoms. The number of cyclic esters (lactones) is 1. The van der Waals surface area contributed by atoms with E-state index >= 15 is 0 Å². The summed E-state index contributed by atoms with van der Waals surface area (Å²) >= 11 is 1.27. The quantitative estimate of drug-likeness (QED) is 0.780. The average molecular weight is 368 g/mol. The summed E-state index contributed by atoms with van der Waals surface area (Å²) < 4.78 is 4.93. The van der Waals surface area contributed by atoms with Crippen LogP contribution in [0, 0.1) is 0 Å². The maximum atomic E-state index is 12.9. The van der Waals surface area contributed by atoms with Crippen molar-refractivity contribution in [1.82, 2.24) is 5.06 Å². The van der Waals surface area contributed by atoms with Crippen LogP contribution in [-0.4, -0.2) is 51.8 Å². The van der Waals surface area contributed by atoms with E-state index in [2.05, 4.69) is 0 Å². The van der Waals surface area contributed by atoms with Crippen LogP contribution in [0.4, 0.5) is 5.00 Å². The summed E-state index contributed by atoms with van der Waals surface area (Å²) in [5.74, 6) is -3.35. The van der Waals surface area contributed by atoms with Gasteiger partial charge in [0.15, 0.2) is 0 Å². The first-order chi connectivity index (χ1) is 11.8. The Morgan fingerprint density at radius 1 is 1.44 bits per heavy atom. The van der Waals surface area contributed by atoms with Gasteiger partial charge in [-0.2, -0.15) is 5.06 Å². The highest BCUT2D eigenvalue weighted by atomic mass is 32.1. The first kappa shape index (κ1) is 17.4. The van der Waals surface area contributed by atoms with Gasteiger partial charge in [-0.1, -0.05) is 0 Å². The lowest BCUT2D eigenvalue weighted by Crippen LogP contribution is -2.57. The van der Waals surface area contributed by atoms with Crippen molar-refractivity contribution >= 4 is 40.1 Å². The lowest BCUT2D eigenvalue weighted by atomic mass is 10.1. The van der Waals surface area contributed by atoms with Gasteiger partial charge in [-0.05, 0) is 24.4 Å². The fourth-order valence-corrected chi connectivity index (χ4v) is 3.83. The van der Waals surface area contributed by atoms with E-state index in [0.29, 0.717) is 10.1 Å². The molecular formula is C15H16N2O7S. The zero-order valence-electron chi connectivity index (χ0n) is 13.5. The molecule has 9 nitrogen and oxygen atoms in total. The molecule has 0 saturated carbocycles. The summed E-state index contributed by atoms with van der Waals surface area (Å²) in [7, 11) is 0. The van der Waals surface area contributed by atoms with Crippen molar-refractivity contribution < 1.29 is 33.9 Å². The van der Waals surface area contributed by atoms with E-state index in [1.807, 2.05) is 0 Å². The van der Waals surface area contributed by atoms with E-state index in [-0.39, 0.29) is 18.7 Å². The monoisotopic (exact) mass is 368 g/mol. The average Bonchev–Trinajstić information content (AvgIpc) is 3.24. The van der Waals surface area contributed by atoms with Crippen LogP contribution in [0.25, 0.3) is 0 Å². The Labute approximate surface area is 146 Å². The maximum absolute atomic E-state index is 12.9. The van der Waals surface area contributed by atoms with Gasteiger partial charge in [-0.15, -0.1) is 11.3 Å². The minimum atomic E-state index is -2.20. The van der Waals surface area contributed by atoms with E-state index in [0.717, 1.165) is 0 Å². The predicted molar refractivity (Wildman–Crippen MR) is 84.4 cm³/mol. The van der Waals surface area contributed by atoms with Crippen LogP contribution in [0.15, 0.2) is 17.5 Å². The number of nitrogens with zero attached hydrogens (tertiary/aromatic N) is 2. The zero-order chi connectivity index (χ0) is 18.4. The van der Waals surface area contributed by atoms with E-state index in [1.54, 1.807) is 24.4 Å². The van der Waals surface area contributed by atoms with Gasteiger partial charge in [0.2, 0.25) is 5.91 Å². The second kappa shape index (κ2) is 6.12. The smallest absolute Gasteiger partial charge is 0.372 e. The highest BCUT2D eigenvalue weighted by molar-refractivity contribution is 7.14. The molecule has 2 amide bonds. The summed E-state index contributed by atoms with van der Waals surface area (Å²) in [5, 5.41) is 12.4. The molecule has 3 rings (SSSR count). The number of carboxylic acid groups (broad SMARTS) is 1. The molecule has 2 saturated heterocycles. The Hall–Kier alpha value is -2.46. The number of hydrogen-bond donors (Lipinski definition) is 1. The molecule has 134 valence electrons. The van der Waals surface area contributed by atoms with Crippen molar-refractivity contribution in [2.45, 2.75) is 44.6 Å². The Morgan fingerprint density at radius 3 is 2.64 bits per heavy atom. The Morgan fingerprint density at radius 2 is 2.16 bits per heavy atom. The predicted octanol–water partition coefficient (Wildman–Crippen LogP) is 0.750. The molecule has 3 heterocycles. The van der Waals surface area contributed by atoms with Gasteiger partial charge < -0.3 is 9.84 Å². The molecule has 1 aromatic rings. The minimum absolute atomic E-state index is 0.139. The van der Waals surface area contributed by atoms with Crippen LogP contribution in [0.2, 0.25) is 0 Å². The maximum Gasteiger partial charge on any atom is 0.372 e. The molecule has 2 aliphatic heterocycles. The zero-order valence-corrected chi connectivity index (χ0v) is 14.3. The lowest BCUT2D eigenvalue weighted by Gasteiger charge is -2.31. The topological polar surface area (TPSA) is 113 Å². The molecular weight excluding hydrogens is 352 g/mol. The molecule has 1 unspecified atom stereocenters. The summed E-state index contributed by atoms with van der Waals surface area (Å²) in [6.07, 6.45) is -1.17. The molecule has 3 atom stereocenters. The Bertz CT molecular complexity index is 734. The van der Waals surface area contributed by atoms with Crippen molar-refractivity contribution in [2.75, 3.05) is 4.90 Å². The molecule has 0 spiro atoms. The number of carbonyl (C=O) groups excluding carboxylic acids is 3. The first-order valence-electron chi connectivity index (χ1n) is 7.57.